The highest BCUT2D eigenvalue weighted by Crippen LogP contribution is 2.30. The molecule has 1 fully saturated rings. The van der Waals surface area contributed by atoms with Crippen molar-refractivity contribution in [3.63, 3.8) is 0 Å². The number of nitrogens with one attached hydrogen (secondary N) is 3. The first-order chi connectivity index (χ1) is 8.66. The summed E-state index contributed by atoms with van der Waals surface area (Å²) in [5, 5.41) is 10.8. The van der Waals surface area contributed by atoms with Crippen LogP contribution in [-0.2, 0) is 9.53 Å². The Hall–Kier alpha value is -2.30. The summed E-state index contributed by atoms with van der Waals surface area (Å²) in [6.45, 7) is 1.93. The van der Waals surface area contributed by atoms with Crippen LogP contribution in [0.25, 0.3) is 10.9 Å². The Labute approximate surface area is 104 Å². The van der Waals surface area contributed by atoms with Crippen molar-refractivity contribution in [3.05, 3.63) is 36.0 Å². The Kier molecular flexibility index (Phi) is 2.33. The van der Waals surface area contributed by atoms with Crippen LogP contribution in [0.15, 0.2) is 30.5 Å². The molecule has 0 radical (unpaired) electrons. The number of hydrogen-bond donors (Lipinski definition) is 3. The normalized spacial score (nSPS) is 20.8. The number of para-hydroxylation sites is 1. The van der Waals surface area contributed by atoms with E-state index in [2.05, 4.69) is 10.3 Å². The van der Waals surface area contributed by atoms with Gasteiger partial charge in [0.1, 0.15) is 0 Å². The van der Waals surface area contributed by atoms with Crippen LogP contribution in [0.1, 0.15) is 18.4 Å². The minimum absolute atomic E-state index is 0.107. The average molecular weight is 243 g/mol. The van der Waals surface area contributed by atoms with Crippen LogP contribution in [-0.4, -0.2) is 23.0 Å². The van der Waals surface area contributed by atoms with Gasteiger partial charge in [0.2, 0.25) is 0 Å². The van der Waals surface area contributed by atoms with E-state index >= 15 is 0 Å². The second-order valence-corrected chi connectivity index (χ2v) is 4.44. The van der Waals surface area contributed by atoms with Gasteiger partial charge in [-0.1, -0.05) is 25.1 Å². The molecule has 1 amide bonds. The molecule has 5 nitrogen and oxygen atoms in total. The summed E-state index contributed by atoms with van der Waals surface area (Å²) in [4.78, 5) is 14.8. The Balaban J connectivity index is 1.99. The molecule has 3 N–H and O–H groups in total. The summed E-state index contributed by atoms with van der Waals surface area (Å²) in [5.41, 5.74) is 2.06. The smallest absolute Gasteiger partial charge is 0.289 e. The number of benzene rings is 1. The molecule has 1 aliphatic rings. The van der Waals surface area contributed by atoms with Gasteiger partial charge >= 0.3 is 0 Å². The van der Waals surface area contributed by atoms with Crippen LogP contribution in [0.5, 0.6) is 0 Å². The zero-order chi connectivity index (χ0) is 12.7. The molecule has 0 unspecified atom stereocenters. The summed E-state index contributed by atoms with van der Waals surface area (Å²) in [5.74, 6) is -0.359. The van der Waals surface area contributed by atoms with E-state index < -0.39 is 6.10 Å². The lowest BCUT2D eigenvalue weighted by atomic mass is 9.94. The highest BCUT2D eigenvalue weighted by atomic mass is 16.5. The maximum Gasteiger partial charge on any atom is 0.289 e. The van der Waals surface area contributed by atoms with Gasteiger partial charge in [-0.2, -0.15) is 0 Å². The van der Waals surface area contributed by atoms with Gasteiger partial charge in [-0.05, 0) is 11.6 Å². The first-order valence-electron chi connectivity index (χ1n) is 5.79. The van der Waals surface area contributed by atoms with Crippen molar-refractivity contribution in [3.8, 4) is 0 Å². The Morgan fingerprint density at radius 2 is 2.17 bits per heavy atom. The maximum atomic E-state index is 11.7. The van der Waals surface area contributed by atoms with Crippen molar-refractivity contribution < 1.29 is 9.53 Å². The van der Waals surface area contributed by atoms with Gasteiger partial charge < -0.3 is 9.72 Å². The van der Waals surface area contributed by atoms with Crippen LogP contribution in [0, 0.1) is 5.41 Å². The van der Waals surface area contributed by atoms with E-state index in [1.54, 1.807) is 0 Å². The van der Waals surface area contributed by atoms with E-state index in [1.807, 2.05) is 37.4 Å². The van der Waals surface area contributed by atoms with Crippen molar-refractivity contribution in [2.45, 2.75) is 18.9 Å². The Morgan fingerprint density at radius 3 is 2.89 bits per heavy atom. The number of H-pyrrole nitrogens is 1. The lowest BCUT2D eigenvalue weighted by Crippen LogP contribution is -2.28. The van der Waals surface area contributed by atoms with E-state index in [0.29, 0.717) is 0 Å². The van der Waals surface area contributed by atoms with Gasteiger partial charge in [-0.15, -0.1) is 0 Å². The third kappa shape index (κ3) is 1.55. The molecule has 0 saturated carbocycles. The predicted octanol–water partition coefficient (Wildman–Crippen LogP) is 1.72. The fourth-order valence-electron chi connectivity index (χ4n) is 2.36. The van der Waals surface area contributed by atoms with Crippen LogP contribution in [0.4, 0.5) is 0 Å². The third-order valence-electron chi connectivity index (χ3n) is 3.31. The molecule has 0 spiro atoms. The molecule has 1 aromatic carbocycles. The minimum Gasteiger partial charge on any atom is -0.451 e. The van der Waals surface area contributed by atoms with Crippen LogP contribution in [0.2, 0.25) is 0 Å². The number of aromatic nitrogens is 1. The zero-order valence-corrected chi connectivity index (χ0v) is 9.86. The van der Waals surface area contributed by atoms with E-state index in [1.165, 1.54) is 0 Å². The summed E-state index contributed by atoms with van der Waals surface area (Å²) in [7, 11) is 0. The molecule has 0 aliphatic carbocycles. The molecule has 1 aromatic heterocycles. The predicted molar refractivity (Wildman–Crippen MR) is 67.5 cm³/mol. The SMILES string of the molecule is C[C@@H](c1c[nH]c2ccccc12)[C@@H]1OC(=N)NC1=O. The molecule has 1 aliphatic heterocycles. The second-order valence-electron chi connectivity index (χ2n) is 4.44. The molecule has 0 bridgehead atoms. The quantitative estimate of drug-likeness (QED) is 0.751. The van der Waals surface area contributed by atoms with Crippen LogP contribution >= 0.6 is 0 Å². The van der Waals surface area contributed by atoms with Crippen LogP contribution < -0.4 is 5.32 Å². The van der Waals surface area contributed by atoms with E-state index in [-0.39, 0.29) is 17.8 Å². The minimum atomic E-state index is -0.628. The number of rotatable bonds is 2. The van der Waals surface area contributed by atoms with Gasteiger partial charge in [-0.3, -0.25) is 15.5 Å². The first-order valence-corrected chi connectivity index (χ1v) is 5.79. The van der Waals surface area contributed by atoms with Gasteiger partial charge in [0.25, 0.3) is 11.9 Å². The highest BCUT2D eigenvalue weighted by Gasteiger charge is 2.36. The van der Waals surface area contributed by atoms with Crippen molar-refractivity contribution >= 4 is 22.8 Å². The van der Waals surface area contributed by atoms with Gasteiger partial charge in [0.15, 0.2) is 6.10 Å². The molecule has 18 heavy (non-hydrogen) atoms. The molecular formula is C13H13N3O2. The van der Waals surface area contributed by atoms with Gasteiger partial charge in [0.05, 0.1) is 0 Å². The summed E-state index contributed by atoms with van der Waals surface area (Å²) >= 11 is 0. The Morgan fingerprint density at radius 1 is 1.39 bits per heavy atom. The largest absolute Gasteiger partial charge is 0.451 e. The molecule has 3 rings (SSSR count). The third-order valence-corrected chi connectivity index (χ3v) is 3.31. The lowest BCUT2D eigenvalue weighted by molar-refractivity contribution is -0.124. The van der Waals surface area contributed by atoms with Gasteiger partial charge in [-0.25, -0.2) is 0 Å². The summed E-state index contributed by atoms with van der Waals surface area (Å²) in [6.07, 6.45) is 1.27. The van der Waals surface area contributed by atoms with Crippen molar-refractivity contribution in [1.29, 1.82) is 5.41 Å². The first kappa shape index (κ1) is 10.8. The van der Waals surface area contributed by atoms with E-state index in [4.69, 9.17) is 10.1 Å². The summed E-state index contributed by atoms with van der Waals surface area (Å²) in [6, 6.07) is 7.75. The average Bonchev–Trinajstić information content (AvgIpc) is 2.92. The highest BCUT2D eigenvalue weighted by molar-refractivity contribution is 6.01. The summed E-state index contributed by atoms with van der Waals surface area (Å²) < 4.78 is 5.22. The fraction of sp³-hybridized carbons (Fsp3) is 0.231. The van der Waals surface area contributed by atoms with Gasteiger partial charge in [0, 0.05) is 23.0 Å². The number of carbonyl (C=O) groups excluding carboxylic acids is 1. The number of amidine groups is 1. The van der Waals surface area contributed by atoms with Crippen molar-refractivity contribution in [1.82, 2.24) is 10.3 Å². The molecule has 2 aromatic rings. The number of aromatic amines is 1. The zero-order valence-electron chi connectivity index (χ0n) is 9.86. The molecule has 1 saturated heterocycles. The Bertz CT molecular complexity index is 632. The molecule has 2 atom stereocenters. The molecular weight excluding hydrogens is 230 g/mol. The van der Waals surface area contributed by atoms with E-state index in [9.17, 15) is 4.79 Å². The number of hydrogen-bond acceptors (Lipinski definition) is 3. The fourth-order valence-corrected chi connectivity index (χ4v) is 2.36. The van der Waals surface area contributed by atoms with Crippen molar-refractivity contribution in [2.75, 3.05) is 0 Å². The molecule has 92 valence electrons. The molecule has 5 heteroatoms. The van der Waals surface area contributed by atoms with Crippen molar-refractivity contribution in [2.24, 2.45) is 0 Å². The number of carbonyl (C=O) groups is 1. The molecule has 2 heterocycles. The number of ether oxygens (including phenoxy) is 1. The monoisotopic (exact) mass is 243 g/mol. The number of amides is 1. The standard InChI is InChI=1S/C13H13N3O2/c1-7(11-12(17)16-13(14)18-11)9-6-15-10-5-3-2-4-8(9)10/h2-7,11,15H,1H3,(H2,14,16,17)/t7-,11-/m0/s1. The maximum absolute atomic E-state index is 11.7. The topological polar surface area (TPSA) is 78.0 Å². The van der Waals surface area contributed by atoms with Crippen LogP contribution in [0.3, 0.4) is 0 Å². The number of fused-ring (bicyclic) bond motifs is 1. The second kappa shape index (κ2) is 3.87. The lowest BCUT2D eigenvalue weighted by Gasteiger charge is -2.15. The van der Waals surface area contributed by atoms with E-state index in [0.717, 1.165) is 16.5 Å².